The number of benzene rings is 7. The fraction of sp³-hybridized carbons (Fsp3) is 0.0638. The number of anilines is 1. The Labute approximate surface area is 299 Å². The molecule has 8 rings (SSSR count). The van der Waals surface area contributed by atoms with Gasteiger partial charge in [-0.2, -0.15) is 0 Å². The molecular formula is C47H38N4. The third-order valence-corrected chi connectivity index (χ3v) is 9.84. The highest BCUT2D eigenvalue weighted by molar-refractivity contribution is 6.11. The number of rotatable bonds is 7. The summed E-state index contributed by atoms with van der Waals surface area (Å²) in [5.41, 5.74) is 21.1. The first-order chi connectivity index (χ1) is 24.9. The molecule has 0 fully saturated rings. The van der Waals surface area contributed by atoms with Crippen molar-refractivity contribution in [3.63, 3.8) is 0 Å². The Morgan fingerprint density at radius 3 is 1.76 bits per heavy atom. The van der Waals surface area contributed by atoms with Crippen LogP contribution in [0.1, 0.15) is 36.1 Å². The number of amidine groups is 2. The molecule has 1 aliphatic carbocycles. The average molecular weight is 659 g/mol. The Balaban J connectivity index is 1.09. The highest BCUT2D eigenvalue weighted by Gasteiger charge is 2.35. The molecule has 7 aromatic rings. The van der Waals surface area contributed by atoms with Gasteiger partial charge in [0.25, 0.3) is 0 Å². The molecule has 1 aliphatic rings. The number of aliphatic imine (C=N–C) groups is 1. The normalized spacial score (nSPS) is 12.9. The van der Waals surface area contributed by atoms with Gasteiger partial charge in [-0.25, -0.2) is 4.99 Å². The molecule has 0 bridgehead atoms. The van der Waals surface area contributed by atoms with Gasteiger partial charge in [-0.15, -0.1) is 0 Å². The summed E-state index contributed by atoms with van der Waals surface area (Å²) in [6, 6.07) is 60.8. The molecule has 4 heteroatoms. The number of nitrogens with one attached hydrogen (secondary N) is 3. The van der Waals surface area contributed by atoms with Gasteiger partial charge in [-0.3, -0.25) is 16.3 Å². The summed E-state index contributed by atoms with van der Waals surface area (Å²) >= 11 is 0. The molecule has 0 saturated carbocycles. The van der Waals surface area contributed by atoms with Gasteiger partial charge in [-0.1, -0.05) is 159 Å². The molecule has 0 atom stereocenters. The zero-order valence-corrected chi connectivity index (χ0v) is 28.7. The number of hydrogen-bond donors (Lipinski definition) is 3. The van der Waals surface area contributed by atoms with E-state index in [1.54, 1.807) is 0 Å². The van der Waals surface area contributed by atoms with E-state index in [-0.39, 0.29) is 11.3 Å². The summed E-state index contributed by atoms with van der Waals surface area (Å²) in [5.74, 6) is 0.717. The lowest BCUT2D eigenvalue weighted by Crippen LogP contribution is -2.31. The number of nitrogens with zero attached hydrogens (tertiary/aromatic N) is 1. The van der Waals surface area contributed by atoms with E-state index in [0.29, 0.717) is 5.84 Å². The first-order valence-corrected chi connectivity index (χ1v) is 17.3. The van der Waals surface area contributed by atoms with Crippen molar-refractivity contribution in [2.75, 3.05) is 5.43 Å². The van der Waals surface area contributed by atoms with E-state index in [1.807, 2.05) is 78.9 Å². The maximum Gasteiger partial charge on any atom is 0.154 e. The van der Waals surface area contributed by atoms with Crippen LogP contribution in [-0.2, 0) is 5.41 Å². The summed E-state index contributed by atoms with van der Waals surface area (Å²) in [5, 5.41) is 9.11. The lowest BCUT2D eigenvalue weighted by atomic mass is 9.82. The van der Waals surface area contributed by atoms with Crippen LogP contribution >= 0.6 is 0 Å². The molecule has 0 amide bonds. The van der Waals surface area contributed by atoms with E-state index in [2.05, 4.69) is 122 Å². The Hall–Kier alpha value is -6.52. The summed E-state index contributed by atoms with van der Waals surface area (Å²) in [7, 11) is 0. The van der Waals surface area contributed by atoms with Crippen molar-refractivity contribution in [1.82, 2.24) is 5.43 Å². The smallest absolute Gasteiger partial charge is 0.154 e. The van der Waals surface area contributed by atoms with Crippen LogP contribution in [-0.4, -0.2) is 11.7 Å². The molecule has 0 aliphatic heterocycles. The zero-order chi connectivity index (χ0) is 34.8. The maximum absolute atomic E-state index is 9.11. The average Bonchev–Trinajstić information content (AvgIpc) is 3.42. The maximum atomic E-state index is 9.11. The van der Waals surface area contributed by atoms with Crippen LogP contribution in [0.25, 0.3) is 44.5 Å². The van der Waals surface area contributed by atoms with Gasteiger partial charge >= 0.3 is 0 Å². The molecule has 0 saturated heterocycles. The van der Waals surface area contributed by atoms with E-state index < -0.39 is 0 Å². The van der Waals surface area contributed by atoms with Crippen LogP contribution in [0, 0.1) is 5.41 Å². The Morgan fingerprint density at radius 1 is 0.471 bits per heavy atom. The second-order valence-corrected chi connectivity index (χ2v) is 13.5. The number of hydrazine groups is 1. The van der Waals surface area contributed by atoms with Crippen molar-refractivity contribution < 1.29 is 0 Å². The molecule has 7 aromatic carbocycles. The van der Waals surface area contributed by atoms with Crippen molar-refractivity contribution >= 4 is 17.4 Å². The van der Waals surface area contributed by atoms with Crippen molar-refractivity contribution in [3.8, 4) is 44.5 Å². The Morgan fingerprint density at radius 2 is 1.02 bits per heavy atom. The third kappa shape index (κ3) is 6.36. The molecule has 51 heavy (non-hydrogen) atoms. The van der Waals surface area contributed by atoms with Crippen LogP contribution in [0.2, 0.25) is 0 Å². The molecular weight excluding hydrogens is 621 g/mol. The highest BCUT2D eigenvalue weighted by atomic mass is 15.4. The summed E-state index contributed by atoms with van der Waals surface area (Å²) in [6.45, 7) is 4.63. The molecule has 0 heterocycles. The van der Waals surface area contributed by atoms with Crippen LogP contribution in [0.3, 0.4) is 0 Å². The lowest BCUT2D eigenvalue weighted by Gasteiger charge is -2.21. The molecule has 246 valence electrons. The molecule has 3 N–H and O–H groups in total. The molecule has 0 aromatic heterocycles. The SMILES string of the molecule is CC1(C)c2ccccc2-c2cc(-c3cccc(-c4cccc(C(=N)N=C(NNc5ccccc5)c5ccc(-c6ccccc6)cc5)c4)c3)ccc21. The molecule has 0 spiro atoms. The Bertz CT molecular complexity index is 2390. The summed E-state index contributed by atoms with van der Waals surface area (Å²) in [6.07, 6.45) is 0. The van der Waals surface area contributed by atoms with Gasteiger partial charge in [0, 0.05) is 16.5 Å². The minimum Gasteiger partial charge on any atom is -0.300 e. The van der Waals surface area contributed by atoms with Crippen LogP contribution in [0.5, 0.6) is 0 Å². The minimum atomic E-state index is -0.0156. The largest absolute Gasteiger partial charge is 0.300 e. The van der Waals surface area contributed by atoms with Gasteiger partial charge in [-0.05, 0) is 86.0 Å². The fourth-order valence-electron chi connectivity index (χ4n) is 7.07. The number of hydrogen-bond acceptors (Lipinski definition) is 2. The summed E-state index contributed by atoms with van der Waals surface area (Å²) in [4.78, 5) is 4.82. The van der Waals surface area contributed by atoms with E-state index in [0.717, 1.165) is 44.6 Å². The predicted molar refractivity (Wildman–Crippen MR) is 213 cm³/mol. The van der Waals surface area contributed by atoms with Crippen molar-refractivity contribution in [2.45, 2.75) is 19.3 Å². The van der Waals surface area contributed by atoms with Gasteiger partial charge in [0.1, 0.15) is 0 Å². The van der Waals surface area contributed by atoms with Crippen LogP contribution in [0.4, 0.5) is 5.69 Å². The zero-order valence-electron chi connectivity index (χ0n) is 28.7. The number of para-hydroxylation sites is 1. The van der Waals surface area contributed by atoms with Crippen LogP contribution < -0.4 is 10.9 Å². The molecule has 4 nitrogen and oxygen atoms in total. The lowest BCUT2D eigenvalue weighted by molar-refractivity contribution is 0.660. The highest BCUT2D eigenvalue weighted by Crippen LogP contribution is 2.49. The number of fused-ring (bicyclic) bond motifs is 3. The van der Waals surface area contributed by atoms with E-state index in [4.69, 9.17) is 10.4 Å². The second kappa shape index (κ2) is 13.4. The first-order valence-electron chi connectivity index (χ1n) is 17.3. The fourth-order valence-corrected chi connectivity index (χ4v) is 7.07. The van der Waals surface area contributed by atoms with E-state index in [1.165, 1.54) is 27.8 Å². The van der Waals surface area contributed by atoms with E-state index in [9.17, 15) is 0 Å². The Kier molecular flexibility index (Phi) is 8.35. The van der Waals surface area contributed by atoms with Crippen molar-refractivity contribution in [3.05, 3.63) is 198 Å². The quantitative estimate of drug-likeness (QED) is 0.0907. The topological polar surface area (TPSA) is 60.3 Å². The predicted octanol–water partition coefficient (Wildman–Crippen LogP) is 11.4. The first kappa shape index (κ1) is 31.7. The molecule has 0 radical (unpaired) electrons. The van der Waals surface area contributed by atoms with Crippen LogP contribution in [0.15, 0.2) is 181 Å². The van der Waals surface area contributed by atoms with E-state index >= 15 is 0 Å². The monoisotopic (exact) mass is 658 g/mol. The second-order valence-electron chi connectivity index (χ2n) is 13.5. The van der Waals surface area contributed by atoms with Gasteiger partial charge in [0.15, 0.2) is 11.7 Å². The third-order valence-electron chi connectivity index (χ3n) is 9.84. The summed E-state index contributed by atoms with van der Waals surface area (Å²) < 4.78 is 0. The molecule has 0 unspecified atom stereocenters. The van der Waals surface area contributed by atoms with Gasteiger partial charge in [0.2, 0.25) is 0 Å². The van der Waals surface area contributed by atoms with Gasteiger partial charge < -0.3 is 0 Å². The van der Waals surface area contributed by atoms with Crippen molar-refractivity contribution in [1.29, 1.82) is 5.41 Å². The minimum absolute atomic E-state index is 0.0156. The standard InChI is InChI=1S/C47H38N4/c1-47(2)43-22-10-9-21-41(43)42-31-38(27-28-44(42)47)36-16-11-15-35(29-36)37-17-12-18-39(30-37)45(48)49-46(51-50-40-19-7-4-8-20-40)34-25-23-33(24-26-34)32-13-5-3-6-14-32/h3-31,50H,1-2H3,(H2,48,49,51). The van der Waals surface area contributed by atoms with Gasteiger partial charge in [0.05, 0.1) is 5.69 Å². The van der Waals surface area contributed by atoms with Crippen molar-refractivity contribution in [2.24, 2.45) is 4.99 Å².